The molecule has 92 valence electrons. The van der Waals surface area contributed by atoms with Gasteiger partial charge in [-0.1, -0.05) is 60.7 Å². The zero-order valence-electron chi connectivity index (χ0n) is 10.8. The predicted molar refractivity (Wildman–Crippen MR) is 74.7 cm³/mol. The molecule has 0 N–H and O–H groups in total. The van der Waals surface area contributed by atoms with Crippen LogP contribution in [0.1, 0.15) is 24.0 Å². The first-order valence-electron chi connectivity index (χ1n) is 7.54. The number of rotatable bonds is 2. The van der Waals surface area contributed by atoms with Gasteiger partial charge >= 0.3 is 0 Å². The Morgan fingerprint density at radius 3 is 1.47 bits per heavy atom. The summed E-state index contributed by atoms with van der Waals surface area (Å²) in [6, 6.07) is 22.6. The van der Waals surface area contributed by atoms with Crippen LogP contribution >= 0.6 is 0 Å². The number of fused-ring (bicyclic) bond motifs is 1. The minimum Gasteiger partial charge on any atom is -0.0622 e. The summed E-state index contributed by atoms with van der Waals surface area (Å²) in [6.45, 7) is 0. The Labute approximate surface area is 113 Å². The minimum absolute atomic E-state index is 0.411. The van der Waals surface area contributed by atoms with Crippen LogP contribution in [-0.2, 0) is 5.41 Å². The highest BCUT2D eigenvalue weighted by atomic mass is 15.2. The largest absolute Gasteiger partial charge is 0.0622 e. The molecule has 0 saturated heterocycles. The monoisotopic (exact) mass is 244 g/mol. The van der Waals surface area contributed by atoms with Crippen LogP contribution in [0.5, 0.6) is 0 Å². The molecule has 2 aromatic rings. The highest BCUT2D eigenvalue weighted by Crippen LogP contribution is 3.24. The summed E-state index contributed by atoms with van der Waals surface area (Å²) < 4.78 is 0. The van der Waals surface area contributed by atoms with Crippen molar-refractivity contribution in [1.29, 1.82) is 0 Å². The summed E-state index contributed by atoms with van der Waals surface area (Å²) in [4.78, 5) is 0. The quantitative estimate of drug-likeness (QED) is 0.748. The van der Waals surface area contributed by atoms with E-state index < -0.39 is 0 Å². The molecule has 5 saturated carbocycles. The average molecular weight is 244 g/mol. The van der Waals surface area contributed by atoms with Crippen LogP contribution in [0.15, 0.2) is 60.7 Å². The molecule has 5 aliphatic carbocycles. The number of hydrogen-bond acceptors (Lipinski definition) is 0. The van der Waals surface area contributed by atoms with Crippen molar-refractivity contribution in [2.45, 2.75) is 18.3 Å². The molecule has 0 nitrogen and oxygen atoms in total. The lowest BCUT2D eigenvalue weighted by Crippen LogP contribution is -2.41. The van der Waals surface area contributed by atoms with Crippen molar-refractivity contribution in [2.24, 2.45) is 22.7 Å². The van der Waals surface area contributed by atoms with Crippen LogP contribution in [0.3, 0.4) is 0 Å². The predicted octanol–water partition coefficient (Wildman–Crippen LogP) is 4.01. The van der Waals surface area contributed by atoms with Gasteiger partial charge in [0.25, 0.3) is 0 Å². The summed E-state index contributed by atoms with van der Waals surface area (Å²) in [5, 5.41) is 0. The minimum atomic E-state index is 0.411. The van der Waals surface area contributed by atoms with Crippen molar-refractivity contribution < 1.29 is 0 Å². The Morgan fingerprint density at radius 2 is 1.05 bits per heavy atom. The molecule has 2 spiro atoms. The molecule has 0 heterocycles. The molecule has 0 unspecified atom stereocenters. The first kappa shape index (κ1) is 9.36. The molecule has 0 aromatic heterocycles. The molecule has 0 aliphatic heterocycles. The molecular weight excluding hydrogens is 228 g/mol. The fraction of sp³-hybridized carbons (Fsp3) is 0.368. The van der Waals surface area contributed by atoms with E-state index in [1.54, 1.807) is 11.1 Å². The lowest BCUT2D eigenvalue weighted by atomic mass is 9.59. The maximum Gasteiger partial charge on any atom is 0.0338 e. The van der Waals surface area contributed by atoms with Crippen molar-refractivity contribution in [1.82, 2.24) is 0 Å². The molecule has 2 aromatic carbocycles. The second kappa shape index (κ2) is 2.40. The summed E-state index contributed by atoms with van der Waals surface area (Å²) >= 11 is 0. The van der Waals surface area contributed by atoms with E-state index in [0.717, 1.165) is 11.8 Å². The van der Waals surface area contributed by atoms with Gasteiger partial charge < -0.3 is 0 Å². The van der Waals surface area contributed by atoms with Gasteiger partial charge in [0.1, 0.15) is 0 Å². The third-order valence-corrected chi connectivity index (χ3v) is 7.05. The highest BCUT2D eigenvalue weighted by molar-refractivity contribution is 5.80. The summed E-state index contributed by atoms with van der Waals surface area (Å²) in [5.74, 6) is 2.15. The van der Waals surface area contributed by atoms with Gasteiger partial charge in [0.05, 0.1) is 0 Å². The van der Waals surface area contributed by atoms with Gasteiger partial charge in [-0.3, -0.25) is 0 Å². The molecule has 0 heteroatoms. The fourth-order valence-electron chi connectivity index (χ4n) is 6.89. The Morgan fingerprint density at radius 1 is 0.632 bits per heavy atom. The van der Waals surface area contributed by atoms with Crippen LogP contribution in [0.4, 0.5) is 0 Å². The van der Waals surface area contributed by atoms with Gasteiger partial charge in [0.2, 0.25) is 0 Å². The Bertz CT molecular complexity index is 626. The first-order valence-corrected chi connectivity index (χ1v) is 7.54. The maximum absolute atomic E-state index is 2.36. The first-order chi connectivity index (χ1) is 9.43. The third kappa shape index (κ3) is 0.587. The van der Waals surface area contributed by atoms with Gasteiger partial charge in [-0.25, -0.2) is 0 Å². The van der Waals surface area contributed by atoms with E-state index in [1.807, 2.05) is 0 Å². The lowest BCUT2D eigenvalue weighted by Gasteiger charge is -2.43. The SMILES string of the molecule is c1ccc(C2(c3ccccc3)C34C5CCC3C524)cc1. The van der Waals surface area contributed by atoms with Gasteiger partial charge in [-0.05, 0) is 46.6 Å². The lowest BCUT2D eigenvalue weighted by molar-refractivity contribution is 0.190. The van der Waals surface area contributed by atoms with E-state index in [2.05, 4.69) is 60.7 Å². The molecule has 0 amide bonds. The molecule has 5 aliphatic rings. The zero-order chi connectivity index (χ0) is 12.3. The normalized spacial score (nSPS) is 45.3. The molecule has 0 radical (unpaired) electrons. The molecule has 7 rings (SSSR count). The van der Waals surface area contributed by atoms with Crippen LogP contribution < -0.4 is 0 Å². The second-order valence-corrected chi connectivity index (χ2v) is 6.90. The van der Waals surface area contributed by atoms with E-state index in [9.17, 15) is 0 Å². The topological polar surface area (TPSA) is 0 Å². The molecule has 0 atom stereocenters. The van der Waals surface area contributed by atoms with Gasteiger partial charge in [0.15, 0.2) is 0 Å². The fourth-order valence-corrected chi connectivity index (χ4v) is 6.89. The van der Waals surface area contributed by atoms with E-state index in [0.29, 0.717) is 16.2 Å². The van der Waals surface area contributed by atoms with Crippen molar-refractivity contribution in [3.8, 4) is 0 Å². The van der Waals surface area contributed by atoms with E-state index >= 15 is 0 Å². The smallest absolute Gasteiger partial charge is 0.0338 e. The van der Waals surface area contributed by atoms with Gasteiger partial charge in [0, 0.05) is 5.41 Å². The van der Waals surface area contributed by atoms with E-state index in [1.165, 1.54) is 12.8 Å². The summed E-state index contributed by atoms with van der Waals surface area (Å²) in [6.07, 6.45) is 3.01. The molecule has 19 heavy (non-hydrogen) atoms. The Hall–Kier alpha value is -1.56. The van der Waals surface area contributed by atoms with Crippen LogP contribution in [0.25, 0.3) is 0 Å². The number of hydrogen-bond donors (Lipinski definition) is 0. The van der Waals surface area contributed by atoms with Crippen molar-refractivity contribution in [3.63, 3.8) is 0 Å². The maximum atomic E-state index is 2.36. The van der Waals surface area contributed by atoms with Gasteiger partial charge in [-0.2, -0.15) is 0 Å². The molecular formula is C19H16. The van der Waals surface area contributed by atoms with Crippen molar-refractivity contribution in [2.75, 3.05) is 0 Å². The third-order valence-electron chi connectivity index (χ3n) is 7.05. The van der Waals surface area contributed by atoms with Crippen LogP contribution in [-0.4, -0.2) is 0 Å². The van der Waals surface area contributed by atoms with E-state index in [-0.39, 0.29) is 0 Å². The Balaban J connectivity index is 1.60. The number of benzene rings is 2. The van der Waals surface area contributed by atoms with E-state index in [4.69, 9.17) is 0 Å². The zero-order valence-corrected chi connectivity index (χ0v) is 10.8. The molecule has 5 fully saturated rings. The van der Waals surface area contributed by atoms with Crippen LogP contribution in [0, 0.1) is 22.7 Å². The summed E-state index contributed by atoms with van der Waals surface area (Å²) in [7, 11) is 0. The van der Waals surface area contributed by atoms with Crippen molar-refractivity contribution >= 4 is 0 Å². The van der Waals surface area contributed by atoms with Crippen molar-refractivity contribution in [3.05, 3.63) is 71.8 Å². The molecule has 2 bridgehead atoms. The van der Waals surface area contributed by atoms with Gasteiger partial charge in [-0.15, -0.1) is 0 Å². The average Bonchev–Trinajstić information content (AvgIpc) is 3.34. The second-order valence-electron chi connectivity index (χ2n) is 6.90. The highest BCUT2D eigenvalue weighted by Gasteiger charge is 3.23. The standard InChI is InChI=1S/C19H16/c1-3-7-13(8-4-1)17(14-9-5-2-6-10-14)18-15-11-12-16(18)19(15,17)18/h1-10,15-16H,11-12H2. The summed E-state index contributed by atoms with van der Waals surface area (Å²) in [5.41, 5.74) is 4.99. The Kier molecular flexibility index (Phi) is 1.18. The van der Waals surface area contributed by atoms with Crippen LogP contribution in [0.2, 0.25) is 0 Å².